The number of aromatic nitrogens is 1. The smallest absolute Gasteiger partial charge is 0.494 e. The Kier molecular flexibility index (Phi) is 40.6. The van der Waals surface area contributed by atoms with Crippen molar-refractivity contribution in [1.82, 2.24) is 10.3 Å². The van der Waals surface area contributed by atoms with Gasteiger partial charge in [0.15, 0.2) is 5.75 Å². The van der Waals surface area contributed by atoms with Gasteiger partial charge in [-0.25, -0.2) is 4.98 Å². The summed E-state index contributed by atoms with van der Waals surface area (Å²) in [4.78, 5) is 72.1. The molecule has 8 aromatic rings. The Morgan fingerprint density at radius 3 is 1.46 bits per heavy atom. The van der Waals surface area contributed by atoms with Gasteiger partial charge < -0.3 is 85.7 Å². The molecule has 10 rings (SSSR count). The number of carbonyl (C=O) groups is 5. The van der Waals surface area contributed by atoms with Gasteiger partial charge in [0.1, 0.15) is 27.9 Å². The van der Waals surface area contributed by atoms with Gasteiger partial charge in [0.05, 0.1) is 114 Å². The minimum Gasteiger partial charge on any atom is -0.495 e. The second kappa shape index (κ2) is 45.8. The number of pyridine rings is 1. The van der Waals surface area contributed by atoms with Crippen LogP contribution >= 0.6 is 70.7 Å². The second-order valence-electron chi connectivity index (χ2n) is 27.4. The number of carbonyl (C=O) groups excluding carboxylic acids is 5. The third-order valence-electron chi connectivity index (χ3n) is 17.1. The van der Waals surface area contributed by atoms with Crippen molar-refractivity contribution in [3.8, 4) is 40.0 Å². The number of nitro groups is 1. The number of nitrogens with two attached hydrogens (primary N) is 1. The molecule has 2 aliphatic rings. The van der Waals surface area contributed by atoms with E-state index < -0.39 is 50.9 Å². The highest BCUT2D eigenvalue weighted by atomic mass is 79.9. The fourth-order valence-corrected chi connectivity index (χ4v) is 10.8. The van der Waals surface area contributed by atoms with Gasteiger partial charge >= 0.3 is 12.8 Å². The molecule has 1 atom stereocenters. The van der Waals surface area contributed by atoms with Crippen molar-refractivity contribution in [3.05, 3.63) is 194 Å². The number of halogens is 4. The number of ether oxygens (including phenoxy) is 5. The maximum absolute atomic E-state index is 12.6. The summed E-state index contributed by atoms with van der Waals surface area (Å²) < 4.78 is 41.0. The lowest BCUT2D eigenvalue weighted by atomic mass is 9.79. The van der Waals surface area contributed by atoms with E-state index in [2.05, 4.69) is 116 Å². The number of hydrogen-bond acceptors (Lipinski definition) is 22. The first-order valence-corrected chi connectivity index (χ1v) is 38.0. The number of nitrogen functional groups attached to an aromatic ring is 1. The Balaban J connectivity index is 0.000000475. The minimum absolute atomic E-state index is 0.0353. The first-order valence-electron chi connectivity index (χ1n) is 34.4. The molecule has 2 aliphatic heterocycles. The molecule has 2 aromatic heterocycles. The number of aliphatic hydroxyl groups is 4. The Bertz CT molecular complexity index is 4600. The van der Waals surface area contributed by atoms with E-state index in [0.29, 0.717) is 61.6 Å². The molecule has 26 nitrogen and oxygen atoms in total. The summed E-state index contributed by atoms with van der Waals surface area (Å²) in [6.07, 6.45) is 4.67. The number of allylic oxidation sites excluding steroid dienone is 1. The van der Waals surface area contributed by atoms with Gasteiger partial charge in [0.2, 0.25) is 23.0 Å². The summed E-state index contributed by atoms with van der Waals surface area (Å²) in [5, 5.41) is 62.9. The Hall–Kier alpha value is -9.12. The molecule has 6 aromatic carbocycles. The monoisotopic (exact) mass is 1800 g/mol. The molecule has 0 saturated carbocycles. The van der Waals surface area contributed by atoms with Crippen molar-refractivity contribution in [2.75, 3.05) is 69.1 Å². The van der Waals surface area contributed by atoms with Crippen LogP contribution in [0.4, 0.5) is 34.1 Å². The number of methoxy groups -OCH3 is 5. The van der Waals surface area contributed by atoms with E-state index in [9.17, 15) is 34.1 Å². The lowest BCUT2D eigenvalue weighted by Gasteiger charge is -2.32. The number of nitrogens with zero attached hydrogens (tertiary/aromatic N) is 2. The zero-order valence-corrected chi connectivity index (χ0v) is 73.4. The molecule has 0 spiro atoms. The van der Waals surface area contributed by atoms with E-state index in [1.807, 2.05) is 95.3 Å². The van der Waals surface area contributed by atoms with Crippen molar-refractivity contribution in [2.24, 2.45) is 0 Å². The van der Waals surface area contributed by atoms with Crippen LogP contribution in [0.2, 0.25) is 0 Å². The molecular weight excluding hydrogens is 1700 g/mol. The molecule has 4 amide bonds. The van der Waals surface area contributed by atoms with E-state index in [1.54, 1.807) is 132 Å². The van der Waals surface area contributed by atoms with Crippen molar-refractivity contribution in [3.63, 3.8) is 0 Å². The second-order valence-corrected chi connectivity index (χ2v) is 31.5. The standard InChI is InChI=1S/C25H22N4O3S.C16H22BNO4.C10H10BrNO2.C7H6BrNO3.C7H8BrNO.2C6H14O2.C3H3ClO.B2/c1-4-21(30)29-18-11-14(5-9-19(18)32-3)16-7-6-15-17(28-16)8-10-20-22(15)23-24(33-20)25(31)27-13(2)12-26-23;1-7-14(19)18-12-10-11(8-9-13(12)20-6)17-21-15(2,3)16(4,5)22-17;1-3-10(13)12-8-6-7(11)4-5-9(8)14-2;1-12-7-3-2-5(8)4-6(7)9(10)11;1-10-7-3-2-5(8)4-6(7)9;2*1-5(2,7)6(3,4)8;1-2-3(4)5;1-2/h4-11,13,26H,1,12H2,2-3H3,(H,27,31)(H,29,30);7-10H,1H2,2-6H3,(H,18,19);3-6H,1H2,2H3,(H,12,13);2-4H,1H3;2-4H,9H2,1H3;2*7-8H,1-4H3;2H,1H2;/t13-;;;;;;;;/m1......../s1. The summed E-state index contributed by atoms with van der Waals surface area (Å²) in [5.41, 5.74) is 7.17. The predicted octanol–water partition coefficient (Wildman–Crippen LogP) is 15.1. The SMILES string of the molecule is C=CC(=O)Cl.C=CC(=O)Nc1cc(-c2ccc3c(ccc4sc5c(c43)NC[C@@H](C)NC5=O)n2)ccc1OC.C=CC(=O)Nc1cc(B2OC(C)(C)C(C)(C)O2)ccc1OC.C=CC(=O)Nc1cc(Br)ccc1OC.CC(C)(O)C(C)(C)O.CC(C)(O)C(C)(C)O.COc1ccc(Br)cc1N.COc1ccc(Br)cc1[N+](=O)[O-].[B][B]. The van der Waals surface area contributed by atoms with Crippen molar-refractivity contribution >= 4 is 183 Å². The molecule has 1 fully saturated rings. The van der Waals surface area contributed by atoms with Crippen molar-refractivity contribution in [1.29, 1.82) is 0 Å². The van der Waals surface area contributed by atoms with E-state index in [-0.39, 0.29) is 41.1 Å². The van der Waals surface area contributed by atoms with E-state index >= 15 is 0 Å². The van der Waals surface area contributed by atoms with E-state index in [4.69, 9.17) is 75.7 Å². The number of benzene rings is 6. The van der Waals surface area contributed by atoms with Gasteiger partial charge in [0, 0.05) is 68.6 Å². The Labute approximate surface area is 703 Å². The van der Waals surface area contributed by atoms with Crippen molar-refractivity contribution in [2.45, 2.75) is 130 Å². The van der Waals surface area contributed by atoms with Gasteiger partial charge in [-0.3, -0.25) is 34.1 Å². The fraction of sp³-hybridized carbons (Fsp3) is 0.325. The highest BCUT2D eigenvalue weighted by Gasteiger charge is 2.52. The van der Waals surface area contributed by atoms with Gasteiger partial charge in [-0.2, -0.15) is 0 Å². The molecule has 0 unspecified atom stereocenters. The number of fused-ring (bicyclic) bond motifs is 5. The molecule has 0 bridgehead atoms. The number of nitro benzene ring substituents is 1. The predicted molar refractivity (Wildman–Crippen MR) is 471 cm³/mol. The van der Waals surface area contributed by atoms with Crippen LogP contribution in [0.3, 0.4) is 0 Å². The van der Waals surface area contributed by atoms with Crippen LogP contribution < -0.4 is 61.5 Å². The molecule has 4 heterocycles. The lowest BCUT2D eigenvalue weighted by Crippen LogP contribution is -2.44. The summed E-state index contributed by atoms with van der Waals surface area (Å²) >= 11 is 15.9. The van der Waals surface area contributed by atoms with Crippen LogP contribution in [0.15, 0.2) is 179 Å². The number of nitrogens with one attached hydrogen (secondary N) is 5. The summed E-state index contributed by atoms with van der Waals surface area (Å²) in [7, 11) is 15.2. The summed E-state index contributed by atoms with van der Waals surface area (Å²) in [5.74, 6) is 1.78. The first-order chi connectivity index (χ1) is 53.0. The van der Waals surface area contributed by atoms with E-state index in [1.165, 1.54) is 42.7 Å². The van der Waals surface area contributed by atoms with Crippen molar-refractivity contribution < 1.29 is 82.3 Å². The van der Waals surface area contributed by atoms with Gasteiger partial charge in [-0.05, 0) is 235 Å². The number of anilines is 5. The average Bonchev–Trinajstić information content (AvgIpc) is 1.59. The topological polar surface area (TPSA) is 373 Å². The summed E-state index contributed by atoms with van der Waals surface area (Å²) in [6, 6.07) is 34.5. The van der Waals surface area contributed by atoms with Crippen LogP contribution in [0.1, 0.15) is 99.7 Å². The lowest BCUT2D eigenvalue weighted by molar-refractivity contribution is -0.385. The quantitative estimate of drug-likeness (QED) is 0.0101. The molecule has 34 heteroatoms. The normalized spacial score (nSPS) is 13.4. The van der Waals surface area contributed by atoms with Crippen LogP contribution in [0.5, 0.6) is 28.7 Å². The van der Waals surface area contributed by atoms with Gasteiger partial charge in [0.25, 0.3) is 5.91 Å². The third-order valence-corrected chi connectivity index (χ3v) is 19.9. The van der Waals surface area contributed by atoms with Gasteiger partial charge in [-0.1, -0.05) is 80.2 Å². The molecule has 11 N–H and O–H groups in total. The van der Waals surface area contributed by atoms with Gasteiger partial charge in [-0.15, -0.1) is 11.3 Å². The van der Waals surface area contributed by atoms with Crippen LogP contribution in [0.25, 0.3) is 32.2 Å². The fourth-order valence-electron chi connectivity index (χ4n) is 8.64. The molecule has 1 saturated heterocycles. The summed E-state index contributed by atoms with van der Waals surface area (Å²) in [6.45, 7) is 36.6. The average molecular weight is 1800 g/mol. The number of amides is 4. The van der Waals surface area contributed by atoms with Crippen LogP contribution in [-0.2, 0) is 28.5 Å². The van der Waals surface area contributed by atoms with Crippen LogP contribution in [-0.4, -0.2) is 164 Å². The molecule has 114 heavy (non-hydrogen) atoms. The molecule has 610 valence electrons. The minimum atomic E-state index is -1.01. The zero-order chi connectivity index (χ0) is 87.2. The van der Waals surface area contributed by atoms with Crippen LogP contribution in [0, 0.1) is 10.1 Å². The Morgan fingerprint density at radius 2 is 1.04 bits per heavy atom. The largest absolute Gasteiger partial charge is 0.495 e. The number of thiophene rings is 1. The number of rotatable bonds is 17. The highest BCUT2D eigenvalue weighted by molar-refractivity contribution is 9.11. The Morgan fingerprint density at radius 1 is 0.632 bits per heavy atom. The zero-order valence-electron chi connectivity index (χ0n) is 67.0. The maximum Gasteiger partial charge on any atom is 0.494 e. The first kappa shape index (κ1) is 101. The molecular formula is C80H99B3Br3ClN8O18S. The molecule has 4 radical (unpaired) electrons. The highest BCUT2D eigenvalue weighted by Crippen LogP contribution is 2.43. The molecule has 0 aliphatic carbocycles. The number of hydrogen-bond donors (Lipinski definition) is 10. The van der Waals surface area contributed by atoms with E-state index in [0.717, 1.165) is 58.4 Å². The third kappa shape index (κ3) is 30.9. The maximum atomic E-state index is 12.6.